The number of nitrogens with one attached hydrogen (secondary N) is 1. The average Bonchev–Trinajstić information content (AvgIpc) is 3.06. The van der Waals surface area contributed by atoms with E-state index in [0.29, 0.717) is 7.18 Å². The van der Waals surface area contributed by atoms with Gasteiger partial charge in [0.05, 0.1) is 14.3 Å². The maximum absolute atomic E-state index is 9.50. The number of alkyl halides is 1. The van der Waals surface area contributed by atoms with Crippen molar-refractivity contribution in [2.75, 3.05) is 33.3 Å². The zero-order valence-electron chi connectivity index (χ0n) is 20.6. The van der Waals surface area contributed by atoms with Gasteiger partial charge in [-0.3, -0.25) is 4.39 Å². The van der Waals surface area contributed by atoms with Gasteiger partial charge in [-0.25, -0.2) is 0 Å². The van der Waals surface area contributed by atoms with Crippen molar-refractivity contribution >= 4 is 11.8 Å². The summed E-state index contributed by atoms with van der Waals surface area (Å²) in [4.78, 5) is 0. The van der Waals surface area contributed by atoms with E-state index in [1.54, 1.807) is 26.4 Å². The third-order valence-electron chi connectivity index (χ3n) is 4.32. The lowest BCUT2D eigenvalue weighted by molar-refractivity contribution is 0.110. The van der Waals surface area contributed by atoms with E-state index in [-0.39, 0.29) is 6.10 Å². The Hall–Kier alpha value is -3.37. The Labute approximate surface area is 199 Å². The van der Waals surface area contributed by atoms with Crippen LogP contribution < -0.4 is 5.32 Å². The highest BCUT2D eigenvalue weighted by molar-refractivity contribution is 5.71. The standard InChI is InChI=1S/C25H29NO2.C3H6.CH3F/c1-5-6-7-8-11-17-26-23-15-10-9-13-22(23)18-20(2)21-14-12-16-24(27-3)25(19-21)28-4;1-3-2;1-2/h5-16,18-19,24,26H,1,17H2,2-4H3;3H,1H2,2H3;1H3/b7-6-,11-8-,20-18+;;. The zero-order chi connectivity index (χ0) is 24.9. The van der Waals surface area contributed by atoms with E-state index in [1.165, 1.54) is 0 Å². The normalized spacial score (nSPS) is 15.3. The first kappa shape index (κ1) is 29.6. The van der Waals surface area contributed by atoms with E-state index in [0.717, 1.165) is 34.7 Å². The minimum Gasteiger partial charge on any atom is -0.498 e. The van der Waals surface area contributed by atoms with Crippen LogP contribution in [-0.2, 0) is 9.47 Å². The van der Waals surface area contributed by atoms with E-state index in [9.17, 15) is 4.39 Å². The molecular weight excluding hydrogens is 413 g/mol. The highest BCUT2D eigenvalue weighted by atomic mass is 19.1. The maximum atomic E-state index is 9.50. The zero-order valence-corrected chi connectivity index (χ0v) is 20.6. The van der Waals surface area contributed by atoms with Crippen molar-refractivity contribution in [2.45, 2.75) is 20.0 Å². The van der Waals surface area contributed by atoms with Crippen molar-refractivity contribution in [3.63, 3.8) is 0 Å². The van der Waals surface area contributed by atoms with Crippen molar-refractivity contribution < 1.29 is 13.9 Å². The second-order valence-corrected chi connectivity index (χ2v) is 6.67. The van der Waals surface area contributed by atoms with Crippen LogP contribution in [-0.4, -0.2) is 34.0 Å². The Bertz CT molecular complexity index is 889. The molecule has 178 valence electrons. The maximum Gasteiger partial charge on any atom is 0.133 e. The molecule has 1 aliphatic rings. The van der Waals surface area contributed by atoms with Gasteiger partial charge in [0.25, 0.3) is 0 Å². The number of para-hydroxylation sites is 1. The van der Waals surface area contributed by atoms with Gasteiger partial charge in [-0.1, -0.05) is 73.4 Å². The van der Waals surface area contributed by atoms with Crippen LogP contribution >= 0.6 is 0 Å². The van der Waals surface area contributed by atoms with Crippen LogP contribution in [0.2, 0.25) is 0 Å². The number of rotatable bonds is 9. The van der Waals surface area contributed by atoms with Crippen molar-refractivity contribution in [3.05, 3.63) is 121 Å². The Kier molecular flexibility index (Phi) is 17.4. The van der Waals surface area contributed by atoms with E-state index in [4.69, 9.17) is 9.47 Å². The predicted octanol–water partition coefficient (Wildman–Crippen LogP) is 7.62. The second kappa shape index (κ2) is 19.3. The summed E-state index contributed by atoms with van der Waals surface area (Å²) in [7, 11) is 3.85. The number of hydrogen-bond acceptors (Lipinski definition) is 3. The van der Waals surface area contributed by atoms with E-state index in [2.05, 4.69) is 55.8 Å². The van der Waals surface area contributed by atoms with Gasteiger partial charge in [-0.15, -0.1) is 6.58 Å². The quantitative estimate of drug-likeness (QED) is 0.309. The highest BCUT2D eigenvalue weighted by Gasteiger charge is 2.14. The molecule has 1 aromatic carbocycles. The number of methoxy groups -OCH3 is 2. The monoisotopic (exact) mass is 451 g/mol. The molecule has 1 unspecified atom stereocenters. The van der Waals surface area contributed by atoms with Crippen LogP contribution in [0, 0.1) is 0 Å². The number of benzene rings is 1. The summed E-state index contributed by atoms with van der Waals surface area (Å²) in [5.41, 5.74) is 4.47. The molecule has 1 aliphatic carbocycles. The van der Waals surface area contributed by atoms with Crippen molar-refractivity contribution in [1.29, 1.82) is 0 Å². The molecule has 0 aliphatic heterocycles. The first-order valence-corrected chi connectivity index (χ1v) is 10.7. The topological polar surface area (TPSA) is 30.5 Å². The summed E-state index contributed by atoms with van der Waals surface area (Å²) in [5, 5.41) is 3.46. The lowest BCUT2D eigenvalue weighted by Crippen LogP contribution is -2.11. The summed E-state index contributed by atoms with van der Waals surface area (Å²) in [6, 6.07) is 8.28. The molecule has 2 rings (SSSR count). The minimum atomic E-state index is -0.164. The molecule has 1 N–H and O–H groups in total. The van der Waals surface area contributed by atoms with E-state index < -0.39 is 0 Å². The molecule has 0 heterocycles. The fraction of sp³-hybridized carbons (Fsp3) is 0.241. The molecule has 33 heavy (non-hydrogen) atoms. The first-order chi connectivity index (χ1) is 16.1. The van der Waals surface area contributed by atoms with Crippen LogP contribution in [0.25, 0.3) is 6.08 Å². The van der Waals surface area contributed by atoms with Gasteiger partial charge in [-0.2, -0.15) is 0 Å². The van der Waals surface area contributed by atoms with Crippen molar-refractivity contribution in [1.82, 2.24) is 0 Å². The highest BCUT2D eigenvalue weighted by Crippen LogP contribution is 2.25. The van der Waals surface area contributed by atoms with E-state index >= 15 is 0 Å². The number of hydrogen-bond donors (Lipinski definition) is 1. The smallest absolute Gasteiger partial charge is 0.133 e. The number of halogens is 1. The fourth-order valence-corrected chi connectivity index (χ4v) is 2.81. The number of anilines is 1. The Morgan fingerprint density at radius 2 is 1.82 bits per heavy atom. The van der Waals surface area contributed by atoms with Gasteiger partial charge in [-0.05, 0) is 54.9 Å². The number of ether oxygens (including phenoxy) is 2. The van der Waals surface area contributed by atoms with Crippen LogP contribution in [0.1, 0.15) is 19.4 Å². The average molecular weight is 452 g/mol. The third-order valence-corrected chi connectivity index (χ3v) is 4.32. The van der Waals surface area contributed by atoms with Gasteiger partial charge in [0, 0.05) is 19.3 Å². The fourth-order valence-electron chi connectivity index (χ4n) is 2.81. The molecule has 0 saturated carbocycles. The molecule has 1 atom stereocenters. The Morgan fingerprint density at radius 3 is 2.45 bits per heavy atom. The van der Waals surface area contributed by atoms with Crippen molar-refractivity contribution in [3.8, 4) is 0 Å². The molecule has 0 aromatic heterocycles. The summed E-state index contributed by atoms with van der Waals surface area (Å²) >= 11 is 0. The molecule has 0 radical (unpaired) electrons. The molecule has 0 spiro atoms. The molecule has 3 nitrogen and oxygen atoms in total. The molecule has 1 aromatic rings. The van der Waals surface area contributed by atoms with Gasteiger partial charge >= 0.3 is 0 Å². The second-order valence-electron chi connectivity index (χ2n) is 6.67. The van der Waals surface area contributed by atoms with Crippen LogP contribution in [0.15, 0.2) is 115 Å². The lowest BCUT2D eigenvalue weighted by atomic mass is 10.0. The molecule has 0 saturated heterocycles. The Morgan fingerprint density at radius 1 is 1.12 bits per heavy atom. The Balaban J connectivity index is 0.00000189. The number of allylic oxidation sites excluding steroid dienone is 10. The molecular formula is C29H38FNO2. The lowest BCUT2D eigenvalue weighted by Gasteiger charge is -2.14. The van der Waals surface area contributed by atoms with Crippen LogP contribution in [0.4, 0.5) is 10.1 Å². The summed E-state index contributed by atoms with van der Waals surface area (Å²) < 4.78 is 20.5. The van der Waals surface area contributed by atoms with Gasteiger partial charge in [0.15, 0.2) is 0 Å². The van der Waals surface area contributed by atoms with Crippen LogP contribution in [0.3, 0.4) is 0 Å². The van der Waals surface area contributed by atoms with Crippen molar-refractivity contribution in [2.24, 2.45) is 0 Å². The van der Waals surface area contributed by atoms with E-state index in [1.807, 2.05) is 55.5 Å². The largest absolute Gasteiger partial charge is 0.498 e. The first-order valence-electron chi connectivity index (χ1n) is 10.7. The van der Waals surface area contributed by atoms with Gasteiger partial charge in [0.1, 0.15) is 11.9 Å². The van der Waals surface area contributed by atoms with Gasteiger partial charge < -0.3 is 14.8 Å². The molecule has 4 heteroatoms. The molecule has 0 bridgehead atoms. The third kappa shape index (κ3) is 11.7. The van der Waals surface area contributed by atoms with Crippen LogP contribution in [0.5, 0.6) is 0 Å². The summed E-state index contributed by atoms with van der Waals surface area (Å²) in [6.45, 7) is 11.8. The predicted molar refractivity (Wildman–Crippen MR) is 143 cm³/mol. The summed E-state index contributed by atoms with van der Waals surface area (Å²) in [6.07, 6.45) is 21.6. The van der Waals surface area contributed by atoms with Gasteiger partial charge in [0.2, 0.25) is 0 Å². The SMILES string of the molecule is C=C/C=C\C=C/CNc1ccccc1/C=C(\C)C1=CC=CC(OC)C(OC)=C1.C=CC.CF. The molecule has 0 fully saturated rings. The summed E-state index contributed by atoms with van der Waals surface area (Å²) in [5.74, 6) is 0.791. The minimum absolute atomic E-state index is 0.164. The molecule has 0 amide bonds.